The molecule has 4 rings (SSSR count). The highest BCUT2D eigenvalue weighted by Crippen LogP contribution is 2.26. The molecule has 0 saturated heterocycles. The van der Waals surface area contributed by atoms with Crippen LogP contribution in [-0.4, -0.2) is 16.6 Å². The van der Waals surface area contributed by atoms with E-state index >= 15 is 0 Å². The molecule has 0 spiro atoms. The molecule has 5 heteroatoms. The molecular formula is C24H22N2OS2. The molecule has 3 nitrogen and oxygen atoms in total. The minimum Gasteiger partial charge on any atom is -0.301 e. The summed E-state index contributed by atoms with van der Waals surface area (Å²) in [6.45, 7) is 4.15. The lowest BCUT2D eigenvalue weighted by atomic mass is 10.0. The Morgan fingerprint density at radius 3 is 2.62 bits per heavy atom. The van der Waals surface area contributed by atoms with Gasteiger partial charge in [-0.3, -0.25) is 4.79 Å². The van der Waals surface area contributed by atoms with Gasteiger partial charge in [0.2, 0.25) is 5.91 Å². The molecule has 0 aliphatic carbocycles. The van der Waals surface area contributed by atoms with Crippen molar-refractivity contribution in [3.05, 3.63) is 88.4 Å². The highest BCUT2D eigenvalue weighted by molar-refractivity contribution is 8.00. The lowest BCUT2D eigenvalue weighted by Gasteiger charge is -2.05. The Kier molecular flexibility index (Phi) is 5.97. The summed E-state index contributed by atoms with van der Waals surface area (Å²) in [6.07, 6.45) is 2.67. The number of amides is 1. The molecule has 146 valence electrons. The van der Waals surface area contributed by atoms with Crippen LogP contribution in [-0.2, 0) is 11.2 Å². The second kappa shape index (κ2) is 8.80. The molecule has 1 amide bonds. The molecule has 29 heavy (non-hydrogen) atoms. The summed E-state index contributed by atoms with van der Waals surface area (Å²) in [7, 11) is 0. The highest BCUT2D eigenvalue weighted by Gasteiger charge is 2.09. The first-order valence-corrected chi connectivity index (χ1v) is 11.3. The third kappa shape index (κ3) is 5.05. The van der Waals surface area contributed by atoms with Crippen LogP contribution in [0, 0.1) is 13.8 Å². The van der Waals surface area contributed by atoms with E-state index in [1.807, 2.05) is 6.20 Å². The molecule has 0 bridgehead atoms. The molecule has 4 aromatic rings. The van der Waals surface area contributed by atoms with Gasteiger partial charge in [0.25, 0.3) is 0 Å². The number of fused-ring (bicyclic) bond motifs is 1. The van der Waals surface area contributed by atoms with Crippen LogP contribution >= 0.6 is 23.1 Å². The second-order valence-electron chi connectivity index (χ2n) is 7.11. The topological polar surface area (TPSA) is 42.0 Å². The van der Waals surface area contributed by atoms with Gasteiger partial charge in [0.15, 0.2) is 5.13 Å². The number of thiazole rings is 1. The van der Waals surface area contributed by atoms with Crippen molar-refractivity contribution in [1.82, 2.24) is 4.98 Å². The number of benzene rings is 3. The Balaban J connectivity index is 1.38. The zero-order valence-electron chi connectivity index (χ0n) is 16.4. The van der Waals surface area contributed by atoms with E-state index in [0.29, 0.717) is 10.9 Å². The Morgan fingerprint density at radius 2 is 1.79 bits per heavy atom. The molecule has 1 aromatic heterocycles. The van der Waals surface area contributed by atoms with Crippen molar-refractivity contribution < 1.29 is 4.79 Å². The predicted octanol–water partition coefficient (Wildman–Crippen LogP) is 6.23. The second-order valence-corrected chi connectivity index (χ2v) is 9.27. The lowest BCUT2D eigenvalue weighted by molar-refractivity contribution is -0.113. The van der Waals surface area contributed by atoms with Gasteiger partial charge < -0.3 is 5.32 Å². The monoisotopic (exact) mass is 418 g/mol. The highest BCUT2D eigenvalue weighted by atomic mass is 32.2. The van der Waals surface area contributed by atoms with Crippen molar-refractivity contribution in [2.75, 3.05) is 11.1 Å². The van der Waals surface area contributed by atoms with Crippen LogP contribution in [0.3, 0.4) is 0 Å². The Labute approximate surface area is 179 Å². The number of thioether (sulfide) groups is 1. The zero-order chi connectivity index (χ0) is 20.2. The number of hydrogen-bond donors (Lipinski definition) is 1. The zero-order valence-corrected chi connectivity index (χ0v) is 18.1. The maximum absolute atomic E-state index is 12.3. The van der Waals surface area contributed by atoms with Gasteiger partial charge in [0, 0.05) is 22.4 Å². The van der Waals surface area contributed by atoms with Crippen molar-refractivity contribution in [3.8, 4) is 0 Å². The molecular weight excluding hydrogens is 396 g/mol. The van der Waals surface area contributed by atoms with E-state index < -0.39 is 0 Å². The lowest BCUT2D eigenvalue weighted by Crippen LogP contribution is -2.13. The standard InChI is InChI=1S/C24H22N2OS2/c1-16-10-17(2)12-20(11-16)28-15-23(27)26-24-25-14-21(29-24)13-19-8-5-7-18-6-3-4-9-22(18)19/h3-12,14H,13,15H2,1-2H3,(H,25,26,27). The average Bonchev–Trinajstić information content (AvgIpc) is 3.13. The molecule has 0 unspecified atom stereocenters. The van der Waals surface area contributed by atoms with Crippen molar-refractivity contribution in [3.63, 3.8) is 0 Å². The Hall–Kier alpha value is -2.63. The van der Waals surface area contributed by atoms with Crippen LogP contribution in [0.25, 0.3) is 10.8 Å². The molecule has 0 fully saturated rings. The van der Waals surface area contributed by atoms with Gasteiger partial charge >= 0.3 is 0 Å². The smallest absolute Gasteiger partial charge is 0.236 e. The Bertz CT molecular complexity index is 1140. The summed E-state index contributed by atoms with van der Waals surface area (Å²) in [5, 5.41) is 6.10. The SMILES string of the molecule is Cc1cc(C)cc(SCC(=O)Nc2ncc(Cc3cccc4ccccc34)s2)c1. The summed E-state index contributed by atoms with van der Waals surface area (Å²) in [6, 6.07) is 21.1. The quantitative estimate of drug-likeness (QED) is 0.377. The summed E-state index contributed by atoms with van der Waals surface area (Å²) in [5.74, 6) is 0.349. The fourth-order valence-electron chi connectivity index (χ4n) is 3.40. The third-order valence-electron chi connectivity index (χ3n) is 4.61. The number of carbonyl (C=O) groups is 1. The van der Waals surface area contributed by atoms with Crippen LogP contribution < -0.4 is 5.32 Å². The van der Waals surface area contributed by atoms with E-state index in [2.05, 4.69) is 84.8 Å². The van der Waals surface area contributed by atoms with Gasteiger partial charge in [0.05, 0.1) is 5.75 Å². The van der Waals surface area contributed by atoms with Gasteiger partial charge in [-0.05, 0) is 53.4 Å². The number of aryl methyl sites for hydroxylation is 2. The summed E-state index contributed by atoms with van der Waals surface area (Å²) in [5.41, 5.74) is 3.70. The first kappa shape index (κ1) is 19.7. The van der Waals surface area contributed by atoms with Gasteiger partial charge in [-0.2, -0.15) is 0 Å². The third-order valence-corrected chi connectivity index (χ3v) is 6.50. The molecule has 1 heterocycles. The summed E-state index contributed by atoms with van der Waals surface area (Å²) >= 11 is 3.09. The molecule has 3 aromatic carbocycles. The number of aromatic nitrogens is 1. The average molecular weight is 419 g/mol. The van der Waals surface area contributed by atoms with Crippen LogP contribution in [0.5, 0.6) is 0 Å². The summed E-state index contributed by atoms with van der Waals surface area (Å²) < 4.78 is 0. The number of anilines is 1. The number of rotatable bonds is 6. The van der Waals surface area contributed by atoms with E-state index in [1.165, 1.54) is 38.8 Å². The largest absolute Gasteiger partial charge is 0.301 e. The summed E-state index contributed by atoms with van der Waals surface area (Å²) in [4.78, 5) is 19.0. The fourth-order valence-corrected chi connectivity index (χ4v) is 5.16. The van der Waals surface area contributed by atoms with Crippen LogP contribution in [0.4, 0.5) is 5.13 Å². The normalized spacial score (nSPS) is 11.0. The minimum absolute atomic E-state index is 0.0276. The molecule has 0 aliphatic heterocycles. The van der Waals surface area contributed by atoms with Gasteiger partial charge in [-0.15, -0.1) is 23.1 Å². The van der Waals surface area contributed by atoms with E-state index in [4.69, 9.17) is 0 Å². The first-order chi connectivity index (χ1) is 14.1. The molecule has 0 aliphatic rings. The van der Waals surface area contributed by atoms with Crippen molar-refractivity contribution in [1.29, 1.82) is 0 Å². The van der Waals surface area contributed by atoms with Gasteiger partial charge in [-0.1, -0.05) is 48.5 Å². The number of carbonyl (C=O) groups excluding carboxylic acids is 1. The fraction of sp³-hybridized carbons (Fsp3) is 0.167. The molecule has 1 N–H and O–H groups in total. The van der Waals surface area contributed by atoms with E-state index in [0.717, 1.165) is 16.2 Å². The number of nitrogens with zero attached hydrogens (tertiary/aromatic N) is 1. The van der Waals surface area contributed by atoms with Crippen molar-refractivity contribution >= 4 is 44.9 Å². The van der Waals surface area contributed by atoms with Crippen LogP contribution in [0.2, 0.25) is 0 Å². The van der Waals surface area contributed by atoms with E-state index in [-0.39, 0.29) is 5.91 Å². The maximum atomic E-state index is 12.3. The van der Waals surface area contributed by atoms with Crippen molar-refractivity contribution in [2.45, 2.75) is 25.2 Å². The first-order valence-electron chi connectivity index (χ1n) is 9.49. The minimum atomic E-state index is -0.0276. The van der Waals surface area contributed by atoms with Gasteiger partial charge in [0.1, 0.15) is 0 Å². The van der Waals surface area contributed by atoms with E-state index in [9.17, 15) is 4.79 Å². The predicted molar refractivity (Wildman–Crippen MR) is 124 cm³/mol. The molecule has 0 saturated carbocycles. The molecule has 0 radical (unpaired) electrons. The maximum Gasteiger partial charge on any atom is 0.236 e. The van der Waals surface area contributed by atoms with E-state index in [1.54, 1.807) is 11.8 Å². The van der Waals surface area contributed by atoms with Crippen LogP contribution in [0.15, 0.2) is 71.8 Å². The number of hydrogen-bond acceptors (Lipinski definition) is 4. The molecule has 0 atom stereocenters. The Morgan fingerprint density at radius 1 is 1.03 bits per heavy atom. The number of nitrogens with one attached hydrogen (secondary N) is 1. The van der Waals surface area contributed by atoms with Crippen LogP contribution in [0.1, 0.15) is 21.6 Å². The van der Waals surface area contributed by atoms with Gasteiger partial charge in [-0.25, -0.2) is 4.98 Å². The van der Waals surface area contributed by atoms with Crippen molar-refractivity contribution in [2.24, 2.45) is 0 Å².